The van der Waals surface area contributed by atoms with Crippen molar-refractivity contribution in [2.75, 3.05) is 0 Å². The van der Waals surface area contributed by atoms with Gasteiger partial charge in [0, 0.05) is 13.0 Å². The fourth-order valence-corrected chi connectivity index (χ4v) is 4.23. The number of aryl methyl sites for hydroxylation is 5. The first-order valence-corrected chi connectivity index (χ1v) is 10.3. The van der Waals surface area contributed by atoms with Gasteiger partial charge >= 0.3 is 0 Å². The highest BCUT2D eigenvalue weighted by atomic mass is 16.2. The molecule has 3 aromatic rings. The van der Waals surface area contributed by atoms with Crippen LogP contribution in [0.25, 0.3) is 11.0 Å². The van der Waals surface area contributed by atoms with E-state index in [2.05, 4.69) is 28.5 Å². The van der Waals surface area contributed by atoms with Gasteiger partial charge in [0.1, 0.15) is 5.69 Å². The number of aromatic nitrogens is 2. The minimum Gasteiger partial charge on any atom is -0.349 e. The second-order valence-corrected chi connectivity index (χ2v) is 8.04. The summed E-state index contributed by atoms with van der Waals surface area (Å²) in [6.45, 7) is 6.14. The molecule has 4 rings (SSSR count). The van der Waals surface area contributed by atoms with Crippen molar-refractivity contribution in [1.29, 1.82) is 0 Å². The molecule has 29 heavy (non-hydrogen) atoms. The molecular formula is C24H27N3O2. The van der Waals surface area contributed by atoms with E-state index >= 15 is 0 Å². The molecule has 1 atom stereocenters. The number of hydrogen-bond donors (Lipinski definition) is 1. The fourth-order valence-electron chi connectivity index (χ4n) is 4.23. The van der Waals surface area contributed by atoms with Gasteiger partial charge in [0.25, 0.3) is 5.56 Å². The van der Waals surface area contributed by atoms with Crippen LogP contribution in [0.15, 0.2) is 41.2 Å². The third kappa shape index (κ3) is 3.82. The molecule has 0 spiro atoms. The predicted molar refractivity (Wildman–Crippen MR) is 115 cm³/mol. The van der Waals surface area contributed by atoms with Crippen molar-refractivity contribution in [3.05, 3.63) is 74.7 Å². The van der Waals surface area contributed by atoms with Gasteiger partial charge < -0.3 is 9.88 Å². The normalized spacial score (nSPS) is 15.9. The van der Waals surface area contributed by atoms with Crippen molar-refractivity contribution in [3.8, 4) is 0 Å². The van der Waals surface area contributed by atoms with Crippen LogP contribution in [0.1, 0.15) is 53.3 Å². The molecule has 2 aromatic carbocycles. The molecule has 1 aromatic heterocycles. The number of fused-ring (bicyclic) bond motifs is 2. The maximum atomic E-state index is 12.7. The van der Waals surface area contributed by atoms with Gasteiger partial charge in [0.2, 0.25) is 5.91 Å². The van der Waals surface area contributed by atoms with Gasteiger partial charge in [-0.25, -0.2) is 4.98 Å². The Balaban J connectivity index is 1.54. The lowest BCUT2D eigenvalue weighted by molar-refractivity contribution is -0.122. The molecule has 1 amide bonds. The van der Waals surface area contributed by atoms with Crippen molar-refractivity contribution in [1.82, 2.24) is 14.9 Å². The fraction of sp³-hybridized carbons (Fsp3) is 0.375. The molecule has 0 saturated heterocycles. The Morgan fingerprint density at radius 1 is 1.17 bits per heavy atom. The second-order valence-electron chi connectivity index (χ2n) is 8.04. The Kier molecular flexibility index (Phi) is 5.22. The maximum absolute atomic E-state index is 12.7. The van der Waals surface area contributed by atoms with Crippen LogP contribution in [-0.2, 0) is 17.8 Å². The zero-order chi connectivity index (χ0) is 20.5. The van der Waals surface area contributed by atoms with Gasteiger partial charge in [-0.05, 0) is 74.4 Å². The molecule has 0 aliphatic heterocycles. The van der Waals surface area contributed by atoms with E-state index in [-0.39, 0.29) is 23.9 Å². The molecule has 0 saturated carbocycles. The average molecular weight is 389 g/mol. The highest BCUT2D eigenvalue weighted by molar-refractivity contribution is 5.78. The highest BCUT2D eigenvalue weighted by Crippen LogP contribution is 2.29. The standard InChI is InChI=1S/C24H27N3O2/c1-15-13-21-22(14-16(15)2)27(24(29)17(3)25-21)12-11-23(28)26-20-10-6-8-18-7-4-5-9-19(18)20/h4-5,7,9,13-14,20H,6,8,10-12H2,1-3H3,(H,26,28). The van der Waals surface area contributed by atoms with E-state index < -0.39 is 0 Å². The van der Waals surface area contributed by atoms with Crippen molar-refractivity contribution < 1.29 is 4.79 Å². The first-order chi connectivity index (χ1) is 13.9. The van der Waals surface area contributed by atoms with E-state index in [1.807, 2.05) is 32.0 Å². The van der Waals surface area contributed by atoms with E-state index in [0.29, 0.717) is 12.2 Å². The zero-order valence-electron chi connectivity index (χ0n) is 17.3. The number of nitrogens with zero attached hydrogens (tertiary/aromatic N) is 2. The summed E-state index contributed by atoms with van der Waals surface area (Å²) in [6, 6.07) is 12.4. The van der Waals surface area contributed by atoms with E-state index in [1.165, 1.54) is 11.1 Å². The maximum Gasteiger partial charge on any atom is 0.272 e. The van der Waals surface area contributed by atoms with Crippen LogP contribution >= 0.6 is 0 Å². The van der Waals surface area contributed by atoms with E-state index in [9.17, 15) is 9.59 Å². The molecule has 1 unspecified atom stereocenters. The van der Waals surface area contributed by atoms with Crippen molar-refractivity contribution in [3.63, 3.8) is 0 Å². The first-order valence-electron chi connectivity index (χ1n) is 10.3. The van der Waals surface area contributed by atoms with Crippen molar-refractivity contribution in [2.45, 2.75) is 59.0 Å². The van der Waals surface area contributed by atoms with Crippen molar-refractivity contribution in [2.24, 2.45) is 0 Å². The number of nitrogens with one attached hydrogen (secondary N) is 1. The quantitative estimate of drug-likeness (QED) is 0.736. The molecular weight excluding hydrogens is 362 g/mol. The van der Waals surface area contributed by atoms with Gasteiger partial charge in [-0.2, -0.15) is 0 Å². The summed E-state index contributed by atoms with van der Waals surface area (Å²) in [5.41, 5.74) is 6.72. The summed E-state index contributed by atoms with van der Waals surface area (Å²) in [7, 11) is 0. The van der Waals surface area contributed by atoms with Crippen LogP contribution in [-0.4, -0.2) is 15.5 Å². The van der Waals surface area contributed by atoms with Crippen molar-refractivity contribution >= 4 is 16.9 Å². The smallest absolute Gasteiger partial charge is 0.272 e. The molecule has 0 fully saturated rings. The molecule has 1 N–H and O–H groups in total. The van der Waals surface area contributed by atoms with Gasteiger partial charge in [0.15, 0.2) is 0 Å². The van der Waals surface area contributed by atoms with Gasteiger partial charge in [-0.15, -0.1) is 0 Å². The first kappa shape index (κ1) is 19.4. The Morgan fingerprint density at radius 2 is 1.93 bits per heavy atom. The number of carbonyl (C=O) groups is 1. The Labute approximate surface area is 170 Å². The predicted octanol–water partition coefficient (Wildman–Crippen LogP) is 3.91. The second kappa shape index (κ2) is 7.82. The summed E-state index contributed by atoms with van der Waals surface area (Å²) in [5, 5.41) is 3.18. The van der Waals surface area contributed by atoms with E-state index in [0.717, 1.165) is 41.4 Å². The molecule has 1 aliphatic rings. The van der Waals surface area contributed by atoms with Gasteiger partial charge in [-0.3, -0.25) is 9.59 Å². The molecule has 1 heterocycles. The Hall–Kier alpha value is -2.95. The number of carbonyl (C=O) groups excluding carboxylic acids is 1. The lowest BCUT2D eigenvalue weighted by Gasteiger charge is -2.26. The molecule has 1 aliphatic carbocycles. The number of hydrogen-bond acceptors (Lipinski definition) is 3. The van der Waals surface area contributed by atoms with E-state index in [4.69, 9.17) is 0 Å². The number of benzene rings is 2. The van der Waals surface area contributed by atoms with E-state index in [1.54, 1.807) is 11.5 Å². The van der Waals surface area contributed by atoms with Crippen LogP contribution < -0.4 is 10.9 Å². The lowest BCUT2D eigenvalue weighted by Crippen LogP contribution is -2.33. The minimum absolute atomic E-state index is 0.0231. The molecule has 0 bridgehead atoms. The van der Waals surface area contributed by atoms with Crippen LogP contribution in [0.2, 0.25) is 0 Å². The monoisotopic (exact) mass is 389 g/mol. The molecule has 150 valence electrons. The van der Waals surface area contributed by atoms with Gasteiger partial charge in [0.05, 0.1) is 17.1 Å². The largest absolute Gasteiger partial charge is 0.349 e. The molecule has 5 heteroatoms. The highest BCUT2D eigenvalue weighted by Gasteiger charge is 2.21. The average Bonchev–Trinajstić information content (AvgIpc) is 2.70. The third-order valence-corrected chi connectivity index (χ3v) is 5.99. The van der Waals surface area contributed by atoms with Crippen LogP contribution in [0.3, 0.4) is 0 Å². The SMILES string of the molecule is Cc1cc2nc(C)c(=O)n(CCC(=O)NC3CCCc4ccccc43)c2cc1C. The van der Waals surface area contributed by atoms with Gasteiger partial charge in [-0.1, -0.05) is 24.3 Å². The number of rotatable bonds is 4. The summed E-state index contributed by atoms with van der Waals surface area (Å²) in [4.78, 5) is 29.9. The van der Waals surface area contributed by atoms with Crippen LogP contribution in [0.4, 0.5) is 0 Å². The summed E-state index contributed by atoms with van der Waals surface area (Å²) in [5.74, 6) is -0.0231. The summed E-state index contributed by atoms with van der Waals surface area (Å²) in [6.07, 6.45) is 3.37. The topological polar surface area (TPSA) is 64.0 Å². The zero-order valence-corrected chi connectivity index (χ0v) is 17.3. The molecule has 5 nitrogen and oxygen atoms in total. The van der Waals surface area contributed by atoms with Crippen LogP contribution in [0.5, 0.6) is 0 Å². The van der Waals surface area contributed by atoms with Crippen LogP contribution in [0, 0.1) is 20.8 Å². The Bertz CT molecular complexity index is 1150. The summed E-state index contributed by atoms with van der Waals surface area (Å²) < 4.78 is 1.69. The third-order valence-electron chi connectivity index (χ3n) is 5.99. The number of amides is 1. The molecule has 0 radical (unpaired) electrons. The lowest BCUT2D eigenvalue weighted by atomic mass is 9.87. The minimum atomic E-state index is -0.128. The Morgan fingerprint density at radius 3 is 2.76 bits per heavy atom. The summed E-state index contributed by atoms with van der Waals surface area (Å²) >= 11 is 0.